The van der Waals surface area contributed by atoms with Crippen molar-refractivity contribution in [3.63, 3.8) is 0 Å². The van der Waals surface area contributed by atoms with E-state index in [9.17, 15) is 4.79 Å². The van der Waals surface area contributed by atoms with Crippen molar-refractivity contribution < 1.29 is 4.79 Å². The van der Waals surface area contributed by atoms with Gasteiger partial charge in [0.15, 0.2) is 0 Å². The fourth-order valence-corrected chi connectivity index (χ4v) is 2.33. The van der Waals surface area contributed by atoms with Crippen molar-refractivity contribution in [2.75, 3.05) is 5.73 Å². The van der Waals surface area contributed by atoms with Crippen molar-refractivity contribution in [3.8, 4) is 0 Å². The van der Waals surface area contributed by atoms with E-state index < -0.39 is 0 Å². The van der Waals surface area contributed by atoms with E-state index in [1.807, 2.05) is 32.0 Å². The minimum Gasteiger partial charge on any atom is -0.398 e. The highest BCUT2D eigenvalue weighted by atomic mass is 35.5. The van der Waals surface area contributed by atoms with E-state index >= 15 is 0 Å². The van der Waals surface area contributed by atoms with Crippen LogP contribution in [0.25, 0.3) is 0 Å². The second-order valence-electron chi connectivity index (χ2n) is 5.05. The number of hydrogen-bond donors (Lipinski definition) is 1. The summed E-state index contributed by atoms with van der Waals surface area (Å²) in [6.07, 6.45) is 1.71. The van der Waals surface area contributed by atoms with E-state index in [2.05, 4.69) is 4.98 Å². The predicted octanol–water partition coefficient (Wildman–Crippen LogP) is 3.37. The fraction of sp³-hybridized carbons (Fsp3) is 0.250. The van der Waals surface area contributed by atoms with Crippen LogP contribution in [0.4, 0.5) is 5.69 Å². The number of benzene rings is 1. The van der Waals surface area contributed by atoms with Crippen LogP contribution in [0.3, 0.4) is 0 Å². The van der Waals surface area contributed by atoms with Gasteiger partial charge in [-0.2, -0.15) is 0 Å². The van der Waals surface area contributed by atoms with Gasteiger partial charge < -0.3 is 10.6 Å². The second kappa shape index (κ2) is 6.59. The number of nitrogen functional groups attached to an aromatic ring is 1. The molecule has 5 heteroatoms. The van der Waals surface area contributed by atoms with E-state index in [4.69, 9.17) is 17.3 Å². The third-order valence-electron chi connectivity index (χ3n) is 3.20. The topological polar surface area (TPSA) is 59.2 Å². The van der Waals surface area contributed by atoms with Crippen LogP contribution in [0.2, 0.25) is 5.02 Å². The van der Waals surface area contributed by atoms with Crippen molar-refractivity contribution >= 4 is 23.2 Å². The SMILES string of the molecule is CC(C)N(Cc1ccccn1)C(=O)c1c(N)cccc1Cl. The summed E-state index contributed by atoms with van der Waals surface area (Å²) < 4.78 is 0. The van der Waals surface area contributed by atoms with Gasteiger partial charge in [-0.3, -0.25) is 9.78 Å². The fourth-order valence-electron chi connectivity index (χ4n) is 2.07. The number of rotatable bonds is 4. The summed E-state index contributed by atoms with van der Waals surface area (Å²) in [6.45, 7) is 4.32. The van der Waals surface area contributed by atoms with Gasteiger partial charge in [0.25, 0.3) is 5.91 Å². The molecule has 0 spiro atoms. The van der Waals surface area contributed by atoms with Crippen molar-refractivity contribution in [1.82, 2.24) is 9.88 Å². The summed E-state index contributed by atoms with van der Waals surface area (Å²) >= 11 is 6.13. The molecule has 0 saturated carbocycles. The lowest BCUT2D eigenvalue weighted by atomic mass is 10.1. The van der Waals surface area contributed by atoms with Crippen molar-refractivity contribution in [1.29, 1.82) is 0 Å². The standard InChI is InChI=1S/C16H18ClN3O/c1-11(2)20(10-12-6-3-4-9-19-12)16(21)15-13(17)7-5-8-14(15)18/h3-9,11H,10,18H2,1-2H3. The number of anilines is 1. The number of carbonyl (C=O) groups excluding carboxylic acids is 1. The maximum atomic E-state index is 12.8. The van der Waals surface area contributed by atoms with Gasteiger partial charge in [0.2, 0.25) is 0 Å². The Morgan fingerprint density at radius 2 is 2.05 bits per heavy atom. The zero-order valence-electron chi connectivity index (χ0n) is 12.1. The van der Waals surface area contributed by atoms with Gasteiger partial charge >= 0.3 is 0 Å². The number of amides is 1. The quantitative estimate of drug-likeness (QED) is 0.881. The van der Waals surface area contributed by atoms with Crippen LogP contribution >= 0.6 is 11.6 Å². The Balaban J connectivity index is 2.32. The molecule has 0 atom stereocenters. The smallest absolute Gasteiger partial charge is 0.258 e. The first-order valence-electron chi connectivity index (χ1n) is 6.75. The zero-order chi connectivity index (χ0) is 15.4. The minimum atomic E-state index is -0.182. The Bertz CT molecular complexity index is 608. The van der Waals surface area contributed by atoms with Crippen LogP contribution in [0.1, 0.15) is 29.9 Å². The molecule has 1 heterocycles. The Morgan fingerprint density at radius 3 is 2.62 bits per heavy atom. The molecule has 0 aliphatic heterocycles. The van der Waals surface area contributed by atoms with Gasteiger partial charge in [0, 0.05) is 17.9 Å². The maximum absolute atomic E-state index is 12.8. The number of pyridine rings is 1. The van der Waals surface area contributed by atoms with Crippen molar-refractivity contribution in [3.05, 3.63) is 58.9 Å². The molecule has 2 rings (SSSR count). The lowest BCUT2D eigenvalue weighted by Crippen LogP contribution is -2.37. The van der Waals surface area contributed by atoms with Crippen molar-refractivity contribution in [2.45, 2.75) is 26.4 Å². The summed E-state index contributed by atoms with van der Waals surface area (Å²) in [5, 5.41) is 0.367. The second-order valence-corrected chi connectivity index (χ2v) is 5.46. The molecule has 0 bridgehead atoms. The third kappa shape index (κ3) is 3.52. The summed E-state index contributed by atoms with van der Waals surface area (Å²) in [5.74, 6) is -0.182. The molecule has 0 saturated heterocycles. The summed E-state index contributed by atoms with van der Waals surface area (Å²) in [4.78, 5) is 18.7. The Kier molecular flexibility index (Phi) is 4.81. The highest BCUT2D eigenvalue weighted by Gasteiger charge is 2.23. The maximum Gasteiger partial charge on any atom is 0.258 e. The molecule has 1 aromatic carbocycles. The molecule has 2 N–H and O–H groups in total. The highest BCUT2D eigenvalue weighted by Crippen LogP contribution is 2.25. The summed E-state index contributed by atoms with van der Waals surface area (Å²) in [7, 11) is 0. The van der Waals surface area contributed by atoms with Gasteiger partial charge in [0.05, 0.1) is 22.8 Å². The number of nitrogens with zero attached hydrogens (tertiary/aromatic N) is 2. The Hall–Kier alpha value is -2.07. The van der Waals surface area contributed by atoms with Gasteiger partial charge in [-0.05, 0) is 38.1 Å². The molecule has 21 heavy (non-hydrogen) atoms. The summed E-state index contributed by atoms with van der Waals surface area (Å²) in [6, 6.07) is 10.7. The van der Waals surface area contributed by atoms with Gasteiger partial charge in [-0.25, -0.2) is 0 Å². The summed E-state index contributed by atoms with van der Waals surface area (Å²) in [5.41, 5.74) is 7.47. The molecule has 0 fully saturated rings. The molecule has 0 unspecified atom stereocenters. The lowest BCUT2D eigenvalue weighted by molar-refractivity contribution is 0.0689. The molecule has 0 aliphatic carbocycles. The highest BCUT2D eigenvalue weighted by molar-refractivity contribution is 6.34. The molecule has 0 aliphatic rings. The van der Waals surface area contributed by atoms with E-state index in [0.717, 1.165) is 5.69 Å². The predicted molar refractivity (Wildman–Crippen MR) is 85.1 cm³/mol. The largest absolute Gasteiger partial charge is 0.398 e. The number of halogens is 1. The zero-order valence-corrected chi connectivity index (χ0v) is 12.8. The van der Waals surface area contributed by atoms with E-state index in [1.54, 1.807) is 29.3 Å². The van der Waals surface area contributed by atoms with Crippen LogP contribution < -0.4 is 5.73 Å². The Morgan fingerprint density at radius 1 is 1.29 bits per heavy atom. The molecule has 1 amide bonds. The van der Waals surface area contributed by atoms with Crippen molar-refractivity contribution in [2.24, 2.45) is 0 Å². The Labute approximate surface area is 129 Å². The minimum absolute atomic E-state index is 0.00942. The molecule has 0 radical (unpaired) electrons. The first-order valence-corrected chi connectivity index (χ1v) is 7.13. The molecule has 1 aromatic heterocycles. The number of hydrogen-bond acceptors (Lipinski definition) is 3. The van der Waals surface area contributed by atoms with Crippen LogP contribution in [0.5, 0.6) is 0 Å². The van der Waals surface area contributed by atoms with E-state index in [1.165, 1.54) is 0 Å². The average molecular weight is 304 g/mol. The molecule has 110 valence electrons. The van der Waals surface area contributed by atoms with Gasteiger partial charge in [0.1, 0.15) is 0 Å². The van der Waals surface area contributed by atoms with Crippen LogP contribution in [-0.2, 0) is 6.54 Å². The molecular weight excluding hydrogens is 286 g/mol. The lowest BCUT2D eigenvalue weighted by Gasteiger charge is -2.27. The monoisotopic (exact) mass is 303 g/mol. The van der Waals surface area contributed by atoms with Crippen LogP contribution in [-0.4, -0.2) is 21.8 Å². The van der Waals surface area contributed by atoms with Gasteiger partial charge in [-0.1, -0.05) is 23.7 Å². The molecule has 2 aromatic rings. The number of nitrogens with two attached hydrogens (primary N) is 1. The third-order valence-corrected chi connectivity index (χ3v) is 3.52. The van der Waals surface area contributed by atoms with Crippen LogP contribution in [0, 0.1) is 0 Å². The average Bonchev–Trinajstić information content (AvgIpc) is 2.45. The normalized spacial score (nSPS) is 10.7. The molecular formula is C16H18ClN3O. The van der Waals surface area contributed by atoms with E-state index in [0.29, 0.717) is 22.8 Å². The van der Waals surface area contributed by atoms with Gasteiger partial charge in [-0.15, -0.1) is 0 Å². The first kappa shape index (κ1) is 15.3. The number of carbonyl (C=O) groups is 1. The molecule has 4 nitrogen and oxygen atoms in total. The van der Waals surface area contributed by atoms with Crippen LogP contribution in [0.15, 0.2) is 42.6 Å². The number of aromatic nitrogens is 1. The van der Waals surface area contributed by atoms with E-state index in [-0.39, 0.29) is 11.9 Å². The first-order chi connectivity index (χ1) is 10.0.